The van der Waals surface area contributed by atoms with Crippen molar-refractivity contribution in [2.75, 3.05) is 19.8 Å². The summed E-state index contributed by atoms with van der Waals surface area (Å²) in [5, 5.41) is 0.430. The van der Waals surface area contributed by atoms with Gasteiger partial charge in [0, 0.05) is 25.7 Å². The number of nitrogens with zero attached hydrogens (tertiary/aromatic N) is 2. The van der Waals surface area contributed by atoms with Crippen LogP contribution in [-0.4, -0.2) is 59.3 Å². The standard InChI is InChI=1S/C12H14N2O7/c15-8-1-2-9(16)13(8)5-6-20-7-12(19)21-14-10(17)3-4-11(14)18/h1-7H2. The van der Waals surface area contributed by atoms with Gasteiger partial charge in [0.05, 0.1) is 13.2 Å². The molecular weight excluding hydrogens is 284 g/mol. The number of ether oxygens (including phenoxy) is 1. The van der Waals surface area contributed by atoms with E-state index >= 15 is 0 Å². The number of carbonyl (C=O) groups excluding carboxylic acids is 5. The van der Waals surface area contributed by atoms with E-state index < -0.39 is 24.4 Å². The molecule has 0 radical (unpaired) electrons. The van der Waals surface area contributed by atoms with Crippen molar-refractivity contribution in [3.63, 3.8) is 0 Å². The van der Waals surface area contributed by atoms with Gasteiger partial charge < -0.3 is 9.57 Å². The highest BCUT2D eigenvalue weighted by atomic mass is 16.7. The summed E-state index contributed by atoms with van der Waals surface area (Å²) >= 11 is 0. The van der Waals surface area contributed by atoms with Gasteiger partial charge in [-0.1, -0.05) is 0 Å². The summed E-state index contributed by atoms with van der Waals surface area (Å²) in [5.74, 6) is -2.56. The Morgan fingerprint density at radius 3 is 2.00 bits per heavy atom. The largest absolute Gasteiger partial charge is 0.368 e. The van der Waals surface area contributed by atoms with Crippen LogP contribution in [0, 0.1) is 0 Å². The van der Waals surface area contributed by atoms with Crippen LogP contribution in [0.25, 0.3) is 0 Å². The van der Waals surface area contributed by atoms with Crippen LogP contribution in [0.4, 0.5) is 0 Å². The molecule has 0 spiro atoms. The molecule has 9 nitrogen and oxygen atoms in total. The third-order valence-corrected chi connectivity index (χ3v) is 3.03. The minimum atomic E-state index is -0.891. The minimum absolute atomic E-state index is 0.0194. The third-order valence-electron chi connectivity index (χ3n) is 3.03. The summed E-state index contributed by atoms with van der Waals surface area (Å²) in [4.78, 5) is 62.0. The lowest BCUT2D eigenvalue weighted by molar-refractivity contribution is -0.200. The quantitative estimate of drug-likeness (QED) is 0.445. The fourth-order valence-corrected chi connectivity index (χ4v) is 1.97. The number of rotatable bonds is 6. The second kappa shape index (κ2) is 6.44. The Morgan fingerprint density at radius 1 is 0.905 bits per heavy atom. The summed E-state index contributed by atoms with van der Waals surface area (Å²) in [6, 6.07) is 0. The first-order valence-electron chi connectivity index (χ1n) is 6.46. The zero-order chi connectivity index (χ0) is 15.4. The summed E-state index contributed by atoms with van der Waals surface area (Å²) < 4.78 is 4.96. The van der Waals surface area contributed by atoms with Crippen LogP contribution in [0.3, 0.4) is 0 Å². The summed E-state index contributed by atoms with van der Waals surface area (Å²) in [6.07, 6.45) is 0.429. The van der Waals surface area contributed by atoms with E-state index in [1.54, 1.807) is 0 Å². The SMILES string of the molecule is O=C(COCCN1C(=O)CCC1=O)ON1C(=O)CCC1=O. The molecule has 2 rings (SSSR count). The van der Waals surface area contributed by atoms with Crippen LogP contribution in [-0.2, 0) is 33.5 Å². The lowest BCUT2D eigenvalue weighted by Gasteiger charge is -2.14. The zero-order valence-corrected chi connectivity index (χ0v) is 11.2. The van der Waals surface area contributed by atoms with E-state index in [1.165, 1.54) is 0 Å². The molecule has 4 amide bonds. The Morgan fingerprint density at radius 2 is 1.43 bits per heavy atom. The average Bonchev–Trinajstić information content (AvgIpc) is 2.92. The molecule has 2 fully saturated rings. The molecule has 9 heteroatoms. The second-order valence-corrected chi connectivity index (χ2v) is 4.54. The first-order valence-corrected chi connectivity index (χ1v) is 6.46. The smallest absolute Gasteiger partial charge is 0.358 e. The number of carbonyl (C=O) groups is 5. The molecular formula is C12H14N2O7. The van der Waals surface area contributed by atoms with Gasteiger partial charge in [0.1, 0.15) is 6.61 Å². The number of hydroxylamine groups is 2. The maximum Gasteiger partial charge on any atom is 0.358 e. The Balaban J connectivity index is 1.65. The van der Waals surface area contributed by atoms with Gasteiger partial charge in [-0.2, -0.15) is 0 Å². The van der Waals surface area contributed by atoms with E-state index in [1.807, 2.05) is 0 Å². The highest BCUT2D eigenvalue weighted by molar-refractivity contribution is 6.02. The first kappa shape index (κ1) is 15.1. The van der Waals surface area contributed by atoms with Crippen LogP contribution in [0.1, 0.15) is 25.7 Å². The maximum absolute atomic E-state index is 11.4. The summed E-state index contributed by atoms with van der Waals surface area (Å²) in [7, 11) is 0. The molecule has 0 aromatic heterocycles. The highest BCUT2D eigenvalue weighted by Crippen LogP contribution is 2.12. The van der Waals surface area contributed by atoms with Crippen molar-refractivity contribution >= 4 is 29.6 Å². The molecule has 0 saturated carbocycles. The van der Waals surface area contributed by atoms with Gasteiger partial charge in [0.15, 0.2) is 0 Å². The fraction of sp³-hybridized carbons (Fsp3) is 0.583. The molecule has 2 aliphatic heterocycles. The molecule has 114 valence electrons. The van der Waals surface area contributed by atoms with Crippen LogP contribution in [0.2, 0.25) is 0 Å². The van der Waals surface area contributed by atoms with Gasteiger partial charge in [0.25, 0.3) is 11.8 Å². The highest BCUT2D eigenvalue weighted by Gasteiger charge is 2.33. The molecule has 2 saturated heterocycles. The van der Waals surface area contributed by atoms with Crippen molar-refractivity contribution in [1.29, 1.82) is 0 Å². The maximum atomic E-state index is 11.4. The van der Waals surface area contributed by atoms with E-state index in [9.17, 15) is 24.0 Å². The molecule has 0 bridgehead atoms. The van der Waals surface area contributed by atoms with Crippen LogP contribution in [0.15, 0.2) is 0 Å². The molecule has 21 heavy (non-hydrogen) atoms. The predicted molar refractivity (Wildman–Crippen MR) is 64.0 cm³/mol. The zero-order valence-electron chi connectivity index (χ0n) is 11.2. The van der Waals surface area contributed by atoms with Crippen LogP contribution >= 0.6 is 0 Å². The van der Waals surface area contributed by atoms with E-state index in [0.29, 0.717) is 5.06 Å². The second-order valence-electron chi connectivity index (χ2n) is 4.54. The Labute approximate surface area is 119 Å². The van der Waals surface area contributed by atoms with Crippen molar-refractivity contribution in [2.45, 2.75) is 25.7 Å². The van der Waals surface area contributed by atoms with E-state index in [2.05, 4.69) is 4.84 Å². The lowest BCUT2D eigenvalue weighted by atomic mass is 10.4. The van der Waals surface area contributed by atoms with Gasteiger partial charge in [-0.25, -0.2) is 4.79 Å². The minimum Gasteiger partial charge on any atom is -0.368 e. The van der Waals surface area contributed by atoms with Crippen molar-refractivity contribution < 1.29 is 33.5 Å². The van der Waals surface area contributed by atoms with Crippen molar-refractivity contribution in [3.05, 3.63) is 0 Å². The van der Waals surface area contributed by atoms with Gasteiger partial charge in [-0.15, -0.1) is 5.06 Å². The number of amides is 4. The first-order chi connectivity index (χ1) is 9.99. The molecule has 0 atom stereocenters. The predicted octanol–water partition coefficient (Wildman–Crippen LogP) is -1.24. The number of hydrogen-bond acceptors (Lipinski definition) is 7. The molecule has 2 aliphatic rings. The lowest BCUT2D eigenvalue weighted by Crippen LogP contribution is -2.35. The fourth-order valence-electron chi connectivity index (χ4n) is 1.97. The van der Waals surface area contributed by atoms with Crippen molar-refractivity contribution in [2.24, 2.45) is 0 Å². The summed E-state index contributed by atoms with van der Waals surface area (Å²) in [5.41, 5.74) is 0. The number of likely N-dealkylation sites (tertiary alicyclic amines) is 1. The van der Waals surface area contributed by atoms with Gasteiger partial charge >= 0.3 is 5.97 Å². The molecule has 0 aromatic rings. The van der Waals surface area contributed by atoms with Gasteiger partial charge in [-0.05, 0) is 0 Å². The van der Waals surface area contributed by atoms with E-state index in [4.69, 9.17) is 4.74 Å². The molecule has 0 aromatic carbocycles. The summed E-state index contributed by atoms with van der Waals surface area (Å²) in [6.45, 7) is -0.436. The molecule has 0 unspecified atom stereocenters. The monoisotopic (exact) mass is 298 g/mol. The van der Waals surface area contributed by atoms with Crippen molar-refractivity contribution in [3.8, 4) is 0 Å². The topological polar surface area (TPSA) is 110 Å². The Hall–Kier alpha value is -2.29. The molecule has 0 N–H and O–H groups in total. The third kappa shape index (κ3) is 3.63. The van der Waals surface area contributed by atoms with Gasteiger partial charge in [-0.3, -0.25) is 24.1 Å². The average molecular weight is 298 g/mol. The Kier molecular flexibility index (Phi) is 4.63. The normalized spacial score (nSPS) is 18.9. The Bertz CT molecular complexity index is 470. The van der Waals surface area contributed by atoms with E-state index in [0.717, 1.165) is 4.90 Å². The van der Waals surface area contributed by atoms with Crippen molar-refractivity contribution in [1.82, 2.24) is 9.96 Å². The molecule has 0 aliphatic carbocycles. The number of hydrogen-bond donors (Lipinski definition) is 0. The van der Waals surface area contributed by atoms with Gasteiger partial charge in [0.2, 0.25) is 11.8 Å². The van der Waals surface area contributed by atoms with Crippen LogP contribution in [0.5, 0.6) is 0 Å². The van der Waals surface area contributed by atoms with Crippen LogP contribution < -0.4 is 0 Å². The van der Waals surface area contributed by atoms with E-state index in [-0.39, 0.29) is 50.6 Å². The molecule has 2 heterocycles. The number of imide groups is 2.